The number of pyridine rings is 1. The van der Waals surface area contributed by atoms with Crippen molar-refractivity contribution in [2.45, 2.75) is 11.9 Å². The van der Waals surface area contributed by atoms with Crippen molar-refractivity contribution >= 4 is 15.4 Å². The molecule has 1 aromatic rings. The average Bonchev–Trinajstić information content (AvgIpc) is 2.11. The molecular weight excluding hydrogens is 304 g/mol. The molecule has 0 saturated carbocycles. The first-order valence-electron chi connectivity index (χ1n) is 4.65. The second kappa shape index (κ2) is 5.28. The monoisotopic (exact) mass is 315 g/mol. The van der Waals surface area contributed by atoms with Crippen molar-refractivity contribution in [3.8, 4) is 0 Å². The molecule has 0 amide bonds. The lowest BCUT2D eigenvalue weighted by Crippen LogP contribution is -2.35. The zero-order chi connectivity index (χ0) is 14.9. The maximum absolute atomic E-state index is 11.1. The lowest BCUT2D eigenvalue weighted by atomic mass is 10.2. The van der Waals surface area contributed by atoms with Crippen LogP contribution in [0.2, 0.25) is 0 Å². The Morgan fingerprint density at radius 2 is 1.89 bits per heavy atom. The lowest BCUT2D eigenvalue weighted by molar-refractivity contribution is -0.605. The van der Waals surface area contributed by atoms with Crippen LogP contribution in [0.1, 0.15) is 5.56 Å². The summed E-state index contributed by atoms with van der Waals surface area (Å²) in [5.41, 5.74) is -3.52. The molecule has 12 heteroatoms. The van der Waals surface area contributed by atoms with Crippen LogP contribution in [-0.4, -0.2) is 30.2 Å². The molecule has 1 unspecified atom stereocenters. The third-order valence-electron chi connectivity index (χ3n) is 1.99. The maximum Gasteiger partial charge on any atom is 0.472 e. The van der Waals surface area contributed by atoms with Gasteiger partial charge >= 0.3 is 15.4 Å². The molecule has 0 radical (unpaired) electrons. The van der Waals surface area contributed by atoms with Gasteiger partial charge in [0.1, 0.15) is 0 Å². The first kappa shape index (κ1) is 16.2. The molecule has 108 valence electrons. The van der Waals surface area contributed by atoms with Gasteiger partial charge in [0.05, 0.1) is 0 Å². The Balaban J connectivity index is 3.13. The highest BCUT2D eigenvalue weighted by molar-refractivity contribution is 7.54. The van der Waals surface area contributed by atoms with Crippen molar-refractivity contribution in [1.82, 2.24) is 0 Å². The highest BCUT2D eigenvalue weighted by Crippen LogP contribution is 2.57. The number of rotatable bonds is 5. The van der Waals surface area contributed by atoms with E-state index in [9.17, 15) is 19.4 Å². The summed E-state index contributed by atoms with van der Waals surface area (Å²) in [6.45, 7) is 0. The minimum absolute atomic E-state index is 0.0863. The second-order valence-electron chi connectivity index (χ2n) is 3.62. The zero-order valence-electron chi connectivity index (χ0n) is 9.23. The van der Waals surface area contributed by atoms with E-state index < -0.39 is 27.4 Å². The summed E-state index contributed by atoms with van der Waals surface area (Å²) in [5.74, 6) is 0. The number of phosphoric ester groups is 1. The lowest BCUT2D eigenvalue weighted by Gasteiger charge is -2.28. The second-order valence-corrected chi connectivity index (χ2v) is 6.57. The fourth-order valence-corrected chi connectivity index (χ4v) is 2.83. The van der Waals surface area contributed by atoms with Crippen LogP contribution in [0.15, 0.2) is 24.5 Å². The summed E-state index contributed by atoms with van der Waals surface area (Å²) >= 11 is 0. The van der Waals surface area contributed by atoms with Gasteiger partial charge in [-0.05, 0) is 6.07 Å². The SMILES string of the molecule is O=P(O)(O)OC(O)(Cc1ccc[n+]([O-])c1)P(=O)(O)O. The van der Waals surface area contributed by atoms with Gasteiger partial charge in [0.15, 0.2) is 12.4 Å². The van der Waals surface area contributed by atoms with Gasteiger partial charge in [-0.2, -0.15) is 4.73 Å². The van der Waals surface area contributed by atoms with Crippen LogP contribution in [0.4, 0.5) is 0 Å². The quantitative estimate of drug-likeness (QED) is 0.193. The molecule has 0 bridgehead atoms. The number of aliphatic hydroxyl groups is 1. The van der Waals surface area contributed by atoms with E-state index in [-0.39, 0.29) is 10.3 Å². The molecule has 1 aromatic heterocycles. The first-order chi connectivity index (χ1) is 8.43. The molecule has 5 N–H and O–H groups in total. The van der Waals surface area contributed by atoms with Crippen molar-refractivity contribution in [2.24, 2.45) is 0 Å². The summed E-state index contributed by atoms with van der Waals surface area (Å²) in [6, 6.07) is 2.44. The standard InChI is InChI=1S/C7H11NO9P2/c9-7(18(11,12)13,17-19(14,15)16)4-6-2-1-3-8(10)5-6/h1-3,5,9H,4H2,(H2,11,12,13)(H2,14,15,16). The molecule has 19 heavy (non-hydrogen) atoms. The molecule has 1 rings (SSSR count). The van der Waals surface area contributed by atoms with E-state index in [1.165, 1.54) is 12.1 Å². The van der Waals surface area contributed by atoms with E-state index in [1.807, 2.05) is 0 Å². The predicted octanol–water partition coefficient (Wildman–Crippen LogP) is -1.20. The van der Waals surface area contributed by atoms with Crippen molar-refractivity contribution in [1.29, 1.82) is 0 Å². The number of hydrogen-bond acceptors (Lipinski definition) is 5. The van der Waals surface area contributed by atoms with Gasteiger partial charge in [-0.25, -0.2) is 9.09 Å². The number of phosphoric acid groups is 1. The molecule has 0 aromatic carbocycles. The molecule has 0 saturated heterocycles. The molecule has 0 spiro atoms. The van der Waals surface area contributed by atoms with Gasteiger partial charge in [-0.1, -0.05) is 0 Å². The fraction of sp³-hybridized carbons (Fsp3) is 0.286. The van der Waals surface area contributed by atoms with E-state index >= 15 is 0 Å². The van der Waals surface area contributed by atoms with Crippen LogP contribution < -0.4 is 4.73 Å². The smallest absolute Gasteiger partial charge is 0.472 e. The highest BCUT2D eigenvalue weighted by Gasteiger charge is 2.51. The molecular formula is C7H11NO9P2. The first-order valence-corrected chi connectivity index (χ1v) is 7.79. The molecule has 0 fully saturated rings. The average molecular weight is 315 g/mol. The van der Waals surface area contributed by atoms with Crippen LogP contribution in [-0.2, 0) is 20.1 Å². The maximum atomic E-state index is 11.1. The Morgan fingerprint density at radius 3 is 2.32 bits per heavy atom. The van der Waals surface area contributed by atoms with Gasteiger partial charge in [-0.15, -0.1) is 0 Å². The van der Waals surface area contributed by atoms with E-state index in [2.05, 4.69) is 4.52 Å². The van der Waals surface area contributed by atoms with Gasteiger partial charge in [-0.3, -0.25) is 4.57 Å². The Bertz CT molecular complexity index is 551. The van der Waals surface area contributed by atoms with Crippen molar-refractivity contribution < 1.29 is 43.1 Å². The molecule has 1 heterocycles. The molecule has 0 aliphatic rings. The van der Waals surface area contributed by atoms with Crippen LogP contribution in [0.5, 0.6) is 0 Å². The Kier molecular flexibility index (Phi) is 4.51. The van der Waals surface area contributed by atoms with Crippen LogP contribution >= 0.6 is 15.4 Å². The van der Waals surface area contributed by atoms with Crippen LogP contribution in [0.25, 0.3) is 0 Å². The zero-order valence-corrected chi connectivity index (χ0v) is 11.0. The molecule has 10 nitrogen and oxygen atoms in total. The van der Waals surface area contributed by atoms with Gasteiger partial charge in [0, 0.05) is 18.1 Å². The summed E-state index contributed by atoms with van der Waals surface area (Å²) in [5, 5.41) is 20.6. The van der Waals surface area contributed by atoms with Gasteiger partial charge in [0.25, 0.3) is 5.53 Å². The van der Waals surface area contributed by atoms with Crippen molar-refractivity contribution in [2.75, 3.05) is 0 Å². The van der Waals surface area contributed by atoms with E-state index in [0.29, 0.717) is 0 Å². The Hall–Kier alpha value is -0.830. The molecule has 0 aliphatic heterocycles. The normalized spacial score (nSPS) is 16.1. The topological polar surface area (TPSA) is 171 Å². The molecule has 1 atom stereocenters. The summed E-state index contributed by atoms with van der Waals surface area (Å²) < 4.78 is 25.8. The highest BCUT2D eigenvalue weighted by atomic mass is 31.2. The molecule has 0 aliphatic carbocycles. The number of hydrogen-bond donors (Lipinski definition) is 5. The number of aromatic nitrogens is 1. The summed E-state index contributed by atoms with van der Waals surface area (Å²) in [4.78, 5) is 35.0. The third kappa shape index (κ3) is 4.64. The number of nitrogens with zero attached hydrogens (tertiary/aromatic N) is 1. The minimum atomic E-state index is -5.43. The van der Waals surface area contributed by atoms with Crippen molar-refractivity contribution in [3.63, 3.8) is 0 Å². The summed E-state index contributed by atoms with van der Waals surface area (Å²) in [7, 11) is -10.8. The van der Waals surface area contributed by atoms with Gasteiger partial charge < -0.3 is 29.9 Å². The predicted molar refractivity (Wildman–Crippen MR) is 59.2 cm³/mol. The third-order valence-corrected chi connectivity index (χ3v) is 3.83. The van der Waals surface area contributed by atoms with E-state index in [1.54, 1.807) is 0 Å². The van der Waals surface area contributed by atoms with E-state index in [0.717, 1.165) is 12.4 Å². The van der Waals surface area contributed by atoms with Crippen molar-refractivity contribution in [3.05, 3.63) is 35.3 Å². The Morgan fingerprint density at radius 1 is 1.32 bits per heavy atom. The minimum Gasteiger partial charge on any atom is -0.619 e. The Labute approximate surface area is 106 Å². The largest absolute Gasteiger partial charge is 0.619 e. The summed E-state index contributed by atoms with van der Waals surface area (Å²) in [6.07, 6.45) is 0.957. The van der Waals surface area contributed by atoms with E-state index in [4.69, 9.17) is 19.6 Å². The van der Waals surface area contributed by atoms with Gasteiger partial charge in [0.2, 0.25) is 0 Å². The van der Waals surface area contributed by atoms with Crippen LogP contribution in [0, 0.1) is 5.21 Å². The fourth-order valence-electron chi connectivity index (χ4n) is 1.25. The van der Waals surface area contributed by atoms with Crippen LogP contribution in [0.3, 0.4) is 0 Å².